The molecule has 0 spiro atoms. The van der Waals surface area contributed by atoms with Gasteiger partial charge in [0.2, 0.25) is 0 Å². The number of nitro groups is 1. The van der Waals surface area contributed by atoms with E-state index in [1.807, 2.05) is 0 Å². The van der Waals surface area contributed by atoms with Crippen molar-refractivity contribution in [2.45, 2.75) is 26.3 Å². The highest BCUT2D eigenvalue weighted by molar-refractivity contribution is 9.10. The van der Waals surface area contributed by atoms with Crippen molar-refractivity contribution >= 4 is 34.2 Å². The molecule has 5 nitrogen and oxygen atoms in total. The van der Waals surface area contributed by atoms with Crippen molar-refractivity contribution in [2.24, 2.45) is 5.92 Å². The minimum absolute atomic E-state index is 0.241. The molecule has 0 radical (unpaired) electrons. The van der Waals surface area contributed by atoms with Crippen LogP contribution in [0.25, 0.3) is 0 Å². The highest BCUT2D eigenvalue weighted by Crippen LogP contribution is 2.16. The molecule has 0 fully saturated rings. The van der Waals surface area contributed by atoms with Crippen LogP contribution in [0.15, 0.2) is 21.5 Å². The van der Waals surface area contributed by atoms with Gasteiger partial charge in [-0.3, -0.25) is 14.9 Å². The van der Waals surface area contributed by atoms with Gasteiger partial charge in [-0.25, -0.2) is 0 Å². The summed E-state index contributed by atoms with van der Waals surface area (Å²) in [5.74, 6) is 0.894. The summed E-state index contributed by atoms with van der Waals surface area (Å²) in [6, 6.07) is 1.23. The van der Waals surface area contributed by atoms with Gasteiger partial charge in [-0.1, -0.05) is 13.3 Å². The van der Waals surface area contributed by atoms with E-state index < -0.39 is 16.2 Å². The SMILES string of the molecule is CCCC(CS)Cn1cc(Br)cc([N+](=O)[O-])c1=O. The molecule has 1 rings (SSSR count). The van der Waals surface area contributed by atoms with Crippen molar-refractivity contribution in [3.05, 3.63) is 37.2 Å². The van der Waals surface area contributed by atoms with Crippen molar-refractivity contribution < 1.29 is 4.92 Å². The maximum Gasteiger partial charge on any atom is 0.335 e. The third-order valence-corrected chi connectivity index (χ3v) is 3.59. The monoisotopic (exact) mass is 334 g/mol. The standard InChI is InChI=1S/C11H15BrN2O3S/c1-2-3-8(7-18)5-13-6-9(12)4-10(11(13)15)14(16)17/h4,6,8,18H,2-3,5,7H2,1H3. The summed E-state index contributed by atoms with van der Waals surface area (Å²) in [5, 5.41) is 10.8. The lowest BCUT2D eigenvalue weighted by Crippen LogP contribution is -2.26. The lowest BCUT2D eigenvalue weighted by atomic mass is 10.1. The van der Waals surface area contributed by atoms with E-state index >= 15 is 0 Å². The summed E-state index contributed by atoms with van der Waals surface area (Å²) in [5.41, 5.74) is -0.968. The zero-order valence-electron chi connectivity index (χ0n) is 10.0. The highest BCUT2D eigenvalue weighted by atomic mass is 79.9. The van der Waals surface area contributed by atoms with E-state index in [4.69, 9.17) is 0 Å². The summed E-state index contributed by atoms with van der Waals surface area (Å²) < 4.78 is 1.92. The summed E-state index contributed by atoms with van der Waals surface area (Å²) in [6.45, 7) is 2.51. The molecule has 1 heterocycles. The van der Waals surface area contributed by atoms with Crippen molar-refractivity contribution in [1.29, 1.82) is 0 Å². The molecule has 0 aliphatic carbocycles. The Kier molecular flexibility index (Phi) is 5.87. The van der Waals surface area contributed by atoms with E-state index in [-0.39, 0.29) is 5.92 Å². The second-order valence-electron chi connectivity index (χ2n) is 4.10. The Morgan fingerprint density at radius 2 is 2.28 bits per heavy atom. The molecule has 0 amide bonds. The lowest BCUT2D eigenvalue weighted by molar-refractivity contribution is -0.386. The van der Waals surface area contributed by atoms with Gasteiger partial charge in [-0.05, 0) is 34.0 Å². The van der Waals surface area contributed by atoms with E-state index in [0.29, 0.717) is 16.8 Å². The van der Waals surface area contributed by atoms with E-state index in [1.54, 1.807) is 6.20 Å². The maximum absolute atomic E-state index is 11.9. The predicted octanol–water partition coefficient (Wildman–Crippen LogP) is 2.87. The van der Waals surface area contributed by atoms with E-state index in [2.05, 4.69) is 35.5 Å². The zero-order chi connectivity index (χ0) is 13.7. The largest absolute Gasteiger partial charge is 0.335 e. The third-order valence-electron chi connectivity index (χ3n) is 2.64. The lowest BCUT2D eigenvalue weighted by Gasteiger charge is -2.15. The average Bonchev–Trinajstić information content (AvgIpc) is 2.32. The second kappa shape index (κ2) is 6.94. The predicted molar refractivity (Wildman–Crippen MR) is 77.3 cm³/mol. The molecule has 0 saturated carbocycles. The van der Waals surface area contributed by atoms with Crippen LogP contribution in [0.3, 0.4) is 0 Å². The molecule has 1 atom stereocenters. The fraction of sp³-hybridized carbons (Fsp3) is 0.545. The Bertz CT molecular complexity index is 490. The second-order valence-corrected chi connectivity index (χ2v) is 5.38. The first kappa shape index (κ1) is 15.2. The molecule has 0 N–H and O–H groups in total. The average molecular weight is 335 g/mol. The van der Waals surface area contributed by atoms with E-state index in [1.165, 1.54) is 10.6 Å². The molecule has 100 valence electrons. The molecule has 0 bridgehead atoms. The number of hydrogen-bond donors (Lipinski definition) is 1. The van der Waals surface area contributed by atoms with E-state index in [9.17, 15) is 14.9 Å². The first-order valence-corrected chi connectivity index (χ1v) is 7.07. The van der Waals surface area contributed by atoms with Crippen molar-refractivity contribution in [3.63, 3.8) is 0 Å². The normalized spacial score (nSPS) is 12.4. The zero-order valence-corrected chi connectivity index (χ0v) is 12.5. The van der Waals surface area contributed by atoms with Gasteiger partial charge in [0.1, 0.15) is 0 Å². The fourth-order valence-corrected chi connectivity index (χ4v) is 2.54. The molecule has 7 heteroatoms. The third kappa shape index (κ3) is 3.84. The summed E-state index contributed by atoms with van der Waals surface area (Å²) in [4.78, 5) is 22.0. The highest BCUT2D eigenvalue weighted by Gasteiger charge is 2.17. The Balaban J connectivity index is 3.09. The van der Waals surface area contributed by atoms with Crippen LogP contribution in [0.1, 0.15) is 19.8 Å². The molecule has 0 aliphatic rings. The molecule has 0 aliphatic heterocycles. The van der Waals surface area contributed by atoms with Crippen LogP contribution in [0.2, 0.25) is 0 Å². The number of thiol groups is 1. The van der Waals surface area contributed by atoms with Gasteiger partial charge < -0.3 is 4.57 Å². The van der Waals surface area contributed by atoms with Crippen LogP contribution in [0.4, 0.5) is 5.69 Å². The first-order chi connectivity index (χ1) is 8.49. The summed E-state index contributed by atoms with van der Waals surface area (Å²) in [7, 11) is 0. The van der Waals surface area contributed by atoms with Gasteiger partial charge in [0.15, 0.2) is 0 Å². The topological polar surface area (TPSA) is 65.1 Å². The maximum atomic E-state index is 11.9. The minimum atomic E-state index is -0.654. The van der Waals surface area contributed by atoms with Crippen LogP contribution < -0.4 is 5.56 Å². The summed E-state index contributed by atoms with van der Waals surface area (Å²) in [6.07, 6.45) is 3.52. The fourth-order valence-electron chi connectivity index (χ4n) is 1.78. The van der Waals surface area contributed by atoms with Crippen LogP contribution in [-0.2, 0) is 6.54 Å². The molecule has 0 saturated heterocycles. The van der Waals surface area contributed by atoms with Crippen LogP contribution in [0, 0.1) is 16.0 Å². The van der Waals surface area contributed by atoms with Crippen LogP contribution in [0.5, 0.6) is 0 Å². The Morgan fingerprint density at radius 3 is 2.78 bits per heavy atom. The smallest absolute Gasteiger partial charge is 0.308 e. The Morgan fingerprint density at radius 1 is 1.61 bits per heavy atom. The van der Waals surface area contributed by atoms with Gasteiger partial charge in [-0.15, -0.1) is 0 Å². The molecular formula is C11H15BrN2O3S. The molecule has 1 unspecified atom stereocenters. The molecular weight excluding hydrogens is 320 g/mol. The molecule has 0 aromatic carbocycles. The Hall–Kier alpha value is -0.820. The first-order valence-electron chi connectivity index (χ1n) is 5.64. The number of aromatic nitrogens is 1. The van der Waals surface area contributed by atoms with Gasteiger partial charge in [0.05, 0.1) is 4.92 Å². The number of rotatable bonds is 6. The van der Waals surface area contributed by atoms with Gasteiger partial charge in [0.25, 0.3) is 0 Å². The van der Waals surface area contributed by atoms with Crippen LogP contribution >= 0.6 is 28.6 Å². The van der Waals surface area contributed by atoms with Crippen molar-refractivity contribution in [2.75, 3.05) is 5.75 Å². The van der Waals surface area contributed by atoms with Gasteiger partial charge in [0, 0.05) is 23.3 Å². The number of pyridine rings is 1. The molecule has 1 aromatic rings. The number of nitrogens with zero attached hydrogens (tertiary/aromatic N) is 2. The quantitative estimate of drug-likeness (QED) is 0.494. The van der Waals surface area contributed by atoms with Gasteiger partial charge in [-0.2, -0.15) is 12.6 Å². The van der Waals surface area contributed by atoms with Gasteiger partial charge >= 0.3 is 11.2 Å². The Labute approximate surface area is 119 Å². The van der Waals surface area contributed by atoms with E-state index in [0.717, 1.165) is 12.8 Å². The summed E-state index contributed by atoms with van der Waals surface area (Å²) >= 11 is 7.43. The van der Waals surface area contributed by atoms with Crippen molar-refractivity contribution in [3.8, 4) is 0 Å². The van der Waals surface area contributed by atoms with Crippen LogP contribution in [-0.4, -0.2) is 15.2 Å². The molecule has 18 heavy (non-hydrogen) atoms. The minimum Gasteiger partial charge on any atom is -0.308 e. The molecule has 1 aromatic heterocycles. The number of hydrogen-bond acceptors (Lipinski definition) is 4. The van der Waals surface area contributed by atoms with Crippen molar-refractivity contribution in [1.82, 2.24) is 4.57 Å². The number of halogens is 1.